The number of nitrogens with zero attached hydrogens (tertiary/aromatic N) is 7. The molecule has 1 amide bonds. The number of nitrogens with two attached hydrogens (primary N) is 1. The molecule has 11 nitrogen and oxygen atoms in total. The van der Waals surface area contributed by atoms with Gasteiger partial charge in [0.25, 0.3) is 5.91 Å². The van der Waals surface area contributed by atoms with Crippen molar-refractivity contribution in [3.8, 4) is 17.9 Å². The van der Waals surface area contributed by atoms with E-state index in [1.54, 1.807) is 20.3 Å². The van der Waals surface area contributed by atoms with Crippen LogP contribution in [0.3, 0.4) is 0 Å². The van der Waals surface area contributed by atoms with E-state index in [0.29, 0.717) is 61.3 Å². The molecular formula is C36H40F4N8O3. The van der Waals surface area contributed by atoms with Crippen LogP contribution in [0.5, 0.6) is 6.01 Å². The van der Waals surface area contributed by atoms with E-state index in [1.165, 1.54) is 11.8 Å². The number of aromatic nitrogens is 4. The van der Waals surface area contributed by atoms with Crippen molar-refractivity contribution in [3.63, 3.8) is 0 Å². The molecule has 7 rings (SSSR count). The lowest BCUT2D eigenvalue weighted by atomic mass is 9.91. The number of ether oxygens (including phenoxy) is 2. The van der Waals surface area contributed by atoms with Gasteiger partial charge in [-0.05, 0) is 45.2 Å². The quantitative estimate of drug-likeness (QED) is 0.166. The first-order chi connectivity index (χ1) is 24.3. The lowest BCUT2D eigenvalue weighted by molar-refractivity contribution is -0.140. The Balaban J connectivity index is 1.29. The lowest BCUT2D eigenvalue weighted by Crippen LogP contribution is -2.43. The van der Waals surface area contributed by atoms with Gasteiger partial charge in [0, 0.05) is 63.0 Å². The molecule has 2 fully saturated rings. The second-order valence-electron chi connectivity index (χ2n) is 13.9. The molecule has 0 unspecified atom stereocenters. The fraction of sp³-hybridized carbons (Fsp3) is 0.500. The summed E-state index contributed by atoms with van der Waals surface area (Å²) in [6.07, 6.45) is -1.29. The predicted octanol–water partition coefficient (Wildman–Crippen LogP) is 4.88. The Hall–Kier alpha value is -4.68. The zero-order valence-electron chi connectivity index (χ0n) is 28.9. The Morgan fingerprint density at radius 1 is 1.20 bits per heavy atom. The number of carbonyl (C=O) groups is 1. The molecule has 2 atom stereocenters. The number of benzene rings is 1. The number of hydrogen-bond acceptors (Lipinski definition) is 9. The molecule has 0 saturated carbocycles. The van der Waals surface area contributed by atoms with Crippen LogP contribution in [0.4, 0.5) is 29.1 Å². The summed E-state index contributed by atoms with van der Waals surface area (Å²) in [6, 6.07) is 0.978. The van der Waals surface area contributed by atoms with Gasteiger partial charge in [0.1, 0.15) is 23.9 Å². The molecule has 2 N–H and O–H groups in total. The second kappa shape index (κ2) is 13.1. The number of rotatable bonds is 6. The first kappa shape index (κ1) is 34.8. The maximum atomic E-state index is 15.7. The number of hydrogen-bond donors (Lipinski definition) is 1. The van der Waals surface area contributed by atoms with Crippen LogP contribution < -0.4 is 15.4 Å². The fourth-order valence-corrected chi connectivity index (χ4v) is 7.90. The first-order valence-electron chi connectivity index (χ1n) is 17.0. The third kappa shape index (κ3) is 6.40. The van der Waals surface area contributed by atoms with Gasteiger partial charge < -0.3 is 29.6 Å². The van der Waals surface area contributed by atoms with Crippen LogP contribution >= 0.6 is 0 Å². The Labute approximate surface area is 293 Å². The van der Waals surface area contributed by atoms with Crippen LogP contribution in [0.1, 0.15) is 83.0 Å². The zero-order chi connectivity index (χ0) is 36.2. The molecule has 4 aliphatic rings. The maximum Gasteiger partial charge on any atom is 0.418 e. The van der Waals surface area contributed by atoms with Crippen molar-refractivity contribution in [1.29, 1.82) is 0 Å². The average molecular weight is 709 g/mol. The fourth-order valence-electron chi connectivity index (χ4n) is 7.90. The molecule has 0 aliphatic carbocycles. The van der Waals surface area contributed by atoms with E-state index in [0.717, 1.165) is 44.0 Å². The van der Waals surface area contributed by atoms with E-state index in [4.69, 9.17) is 25.2 Å². The number of alkyl halides is 3. The van der Waals surface area contributed by atoms with Crippen molar-refractivity contribution < 1.29 is 31.8 Å². The van der Waals surface area contributed by atoms with Crippen molar-refractivity contribution in [2.45, 2.75) is 76.5 Å². The van der Waals surface area contributed by atoms with Gasteiger partial charge in [0.2, 0.25) is 0 Å². The van der Waals surface area contributed by atoms with Crippen LogP contribution in [0, 0.1) is 17.7 Å². The van der Waals surface area contributed by atoms with Crippen molar-refractivity contribution in [3.05, 3.63) is 69.7 Å². The van der Waals surface area contributed by atoms with Gasteiger partial charge in [-0.2, -0.15) is 23.1 Å². The van der Waals surface area contributed by atoms with Crippen LogP contribution in [-0.4, -0.2) is 81.1 Å². The summed E-state index contributed by atoms with van der Waals surface area (Å²) in [5.41, 5.74) is 5.27. The molecule has 0 bridgehead atoms. The van der Waals surface area contributed by atoms with Gasteiger partial charge in [-0.25, -0.2) is 9.37 Å². The normalized spacial score (nSPS) is 21.7. The first-order valence-corrected chi connectivity index (χ1v) is 17.0. The van der Waals surface area contributed by atoms with Crippen molar-refractivity contribution in [2.24, 2.45) is 0 Å². The number of carbonyl (C=O) groups excluding carboxylic acids is 1. The number of halogens is 4. The van der Waals surface area contributed by atoms with Crippen molar-refractivity contribution >= 4 is 17.4 Å². The van der Waals surface area contributed by atoms with E-state index in [9.17, 15) is 18.0 Å². The molecule has 6 heterocycles. The molecular weight excluding hydrogens is 668 g/mol. The standard InChI is InChI=1S/C36H40F4N8O3/c1-5-8-22-13-24(41)31(37)29(30(22)36(38,39)40)27-14-25-23(19-50-27)32(44-34(43-25)51-20-35-9-6-12-48(35)16-21(2)15-35)47-11-7-10-46-17-26(33(49)45(3)4)42-28(46)18-47/h13,17,27H,2,6-7,9-12,14-16,18-20,41H2,1,3-4H3/t27-,35-/m1/s1. The van der Waals surface area contributed by atoms with E-state index in [-0.39, 0.29) is 30.5 Å². The van der Waals surface area contributed by atoms with Crippen molar-refractivity contribution in [2.75, 3.05) is 51.0 Å². The molecule has 2 saturated heterocycles. The Bertz CT molecular complexity index is 1970. The van der Waals surface area contributed by atoms with Gasteiger partial charge in [0.05, 0.1) is 41.7 Å². The molecule has 270 valence electrons. The highest BCUT2D eigenvalue weighted by atomic mass is 19.4. The molecule has 0 radical (unpaired) electrons. The van der Waals surface area contributed by atoms with E-state index >= 15 is 4.39 Å². The van der Waals surface area contributed by atoms with Gasteiger partial charge in [0.15, 0.2) is 5.82 Å². The molecule has 0 spiro atoms. The number of nitrogen functional groups attached to an aromatic ring is 1. The molecule has 15 heteroatoms. The summed E-state index contributed by atoms with van der Waals surface area (Å²) >= 11 is 0. The molecule has 4 aliphatic heterocycles. The van der Waals surface area contributed by atoms with Gasteiger partial charge >= 0.3 is 12.2 Å². The second-order valence-corrected chi connectivity index (χ2v) is 13.9. The zero-order valence-corrected chi connectivity index (χ0v) is 28.9. The van der Waals surface area contributed by atoms with Crippen molar-refractivity contribution in [1.82, 2.24) is 29.3 Å². The van der Waals surface area contributed by atoms with Crippen LogP contribution in [0.15, 0.2) is 24.4 Å². The van der Waals surface area contributed by atoms with Gasteiger partial charge in [-0.3, -0.25) is 9.69 Å². The van der Waals surface area contributed by atoms with E-state index in [2.05, 4.69) is 28.3 Å². The summed E-state index contributed by atoms with van der Waals surface area (Å²) in [7, 11) is 3.33. The van der Waals surface area contributed by atoms with Gasteiger partial charge in [-0.1, -0.05) is 18.1 Å². The molecule has 2 aromatic heterocycles. The smallest absolute Gasteiger partial charge is 0.418 e. The topological polar surface area (TPSA) is 115 Å². The number of imidazole rings is 1. The number of aryl methyl sites for hydroxylation is 1. The molecule has 3 aromatic rings. The maximum absolute atomic E-state index is 15.7. The van der Waals surface area contributed by atoms with E-state index < -0.39 is 40.5 Å². The number of fused-ring (bicyclic) bond motifs is 3. The van der Waals surface area contributed by atoms with Gasteiger partial charge in [-0.15, -0.1) is 5.92 Å². The van der Waals surface area contributed by atoms with E-state index in [1.807, 2.05) is 9.47 Å². The largest absolute Gasteiger partial charge is 0.461 e. The van der Waals surface area contributed by atoms with Crippen LogP contribution in [0.2, 0.25) is 0 Å². The minimum atomic E-state index is -4.93. The molecule has 1 aromatic carbocycles. The summed E-state index contributed by atoms with van der Waals surface area (Å²) in [4.78, 5) is 32.8. The monoisotopic (exact) mass is 708 g/mol. The highest BCUT2D eigenvalue weighted by Gasteiger charge is 2.47. The third-order valence-electron chi connectivity index (χ3n) is 10.2. The highest BCUT2D eigenvalue weighted by molar-refractivity contribution is 5.91. The Morgan fingerprint density at radius 2 is 2.00 bits per heavy atom. The minimum absolute atomic E-state index is 0.0702. The van der Waals surface area contributed by atoms with Crippen LogP contribution in [-0.2, 0) is 37.0 Å². The summed E-state index contributed by atoms with van der Waals surface area (Å²) in [5.74, 6) is 4.64. The molecule has 51 heavy (non-hydrogen) atoms. The predicted molar refractivity (Wildman–Crippen MR) is 180 cm³/mol. The summed E-state index contributed by atoms with van der Waals surface area (Å²) < 4.78 is 73.8. The SMILES string of the molecule is C=C1CN2CCC[C@]2(COc2nc3c(c(N4CCCn5cc(C(=O)N(C)C)nc5C4)n2)CO[C@@H](c2c(F)c(N)cc(C#CC)c2C(F)(F)F)C3)C1. The van der Waals surface area contributed by atoms with Crippen LogP contribution in [0.25, 0.3) is 0 Å². The number of anilines is 2. The Morgan fingerprint density at radius 3 is 2.75 bits per heavy atom. The lowest BCUT2D eigenvalue weighted by Gasteiger charge is -2.33. The summed E-state index contributed by atoms with van der Waals surface area (Å²) in [6.45, 7) is 8.94. The highest BCUT2D eigenvalue weighted by Crippen LogP contribution is 2.45. The summed E-state index contributed by atoms with van der Waals surface area (Å²) in [5, 5.41) is 0. The Kier molecular flexibility index (Phi) is 8.95. The number of amides is 1. The minimum Gasteiger partial charge on any atom is -0.461 e. The average Bonchev–Trinajstić information content (AvgIpc) is 3.70. The third-order valence-corrected chi connectivity index (χ3v) is 10.2.